The molecule has 2 rings (SSSR count). The summed E-state index contributed by atoms with van der Waals surface area (Å²) in [6, 6.07) is 8.47. The van der Waals surface area contributed by atoms with Crippen molar-refractivity contribution >= 4 is 11.6 Å². The molecule has 0 radical (unpaired) electrons. The van der Waals surface area contributed by atoms with Gasteiger partial charge in [0.05, 0.1) is 5.69 Å². The van der Waals surface area contributed by atoms with Crippen molar-refractivity contribution in [3.63, 3.8) is 0 Å². The highest BCUT2D eigenvalue weighted by Gasteiger charge is 2.12. The summed E-state index contributed by atoms with van der Waals surface area (Å²) in [5.41, 5.74) is 2.05. The smallest absolute Gasteiger partial charge is 0.123 e. The molecule has 0 N–H and O–H groups in total. The van der Waals surface area contributed by atoms with Gasteiger partial charge in [0.15, 0.2) is 0 Å². The van der Waals surface area contributed by atoms with E-state index in [0.29, 0.717) is 5.88 Å². The van der Waals surface area contributed by atoms with Crippen LogP contribution >= 0.6 is 11.6 Å². The van der Waals surface area contributed by atoms with Gasteiger partial charge in [0.25, 0.3) is 0 Å². The number of halogens is 2. The average Bonchev–Trinajstić information content (AvgIpc) is 2.73. The van der Waals surface area contributed by atoms with Crippen molar-refractivity contribution in [1.82, 2.24) is 9.78 Å². The molecule has 1 heterocycles. The first-order valence-corrected chi connectivity index (χ1v) is 6.02. The number of alkyl halides is 1. The molecular formula is C13H14ClFN2. The molecule has 0 saturated heterocycles. The monoisotopic (exact) mass is 252 g/mol. The lowest BCUT2D eigenvalue weighted by atomic mass is 9.96. The van der Waals surface area contributed by atoms with Gasteiger partial charge in [-0.25, -0.2) is 4.39 Å². The largest absolute Gasteiger partial charge is 0.276 e. The first-order valence-electron chi connectivity index (χ1n) is 5.49. The second-order valence-electron chi connectivity index (χ2n) is 4.09. The van der Waals surface area contributed by atoms with Crippen LogP contribution in [0.5, 0.6) is 0 Å². The van der Waals surface area contributed by atoms with Gasteiger partial charge in [0.1, 0.15) is 5.82 Å². The summed E-state index contributed by atoms with van der Waals surface area (Å²) in [7, 11) is 1.89. The van der Waals surface area contributed by atoms with Gasteiger partial charge in [-0.05, 0) is 30.2 Å². The molecular weight excluding hydrogens is 239 g/mol. The Morgan fingerprint density at radius 1 is 1.29 bits per heavy atom. The molecule has 0 amide bonds. The standard InChI is InChI=1S/C13H14ClFN2/c1-17-7-6-13(16-17)8-11(9-14)10-2-4-12(15)5-3-10/h2-7,11H,8-9H2,1H3. The number of rotatable bonds is 4. The number of benzene rings is 1. The van der Waals surface area contributed by atoms with Crippen molar-refractivity contribution < 1.29 is 4.39 Å². The van der Waals surface area contributed by atoms with Crippen LogP contribution in [-0.4, -0.2) is 15.7 Å². The van der Waals surface area contributed by atoms with E-state index in [9.17, 15) is 4.39 Å². The third-order valence-corrected chi connectivity index (χ3v) is 3.12. The van der Waals surface area contributed by atoms with Crippen molar-refractivity contribution in [2.75, 3.05) is 5.88 Å². The molecule has 2 nitrogen and oxygen atoms in total. The van der Waals surface area contributed by atoms with Crippen LogP contribution in [0.15, 0.2) is 36.5 Å². The van der Waals surface area contributed by atoms with Gasteiger partial charge in [-0.3, -0.25) is 4.68 Å². The molecule has 0 aliphatic heterocycles. The second-order valence-corrected chi connectivity index (χ2v) is 4.40. The Balaban J connectivity index is 2.13. The molecule has 0 aliphatic carbocycles. The van der Waals surface area contributed by atoms with Gasteiger partial charge in [0, 0.05) is 25.0 Å². The van der Waals surface area contributed by atoms with Crippen LogP contribution in [0.3, 0.4) is 0 Å². The van der Waals surface area contributed by atoms with Gasteiger partial charge < -0.3 is 0 Å². The van der Waals surface area contributed by atoms with Crippen molar-refractivity contribution in [3.8, 4) is 0 Å². The second kappa shape index (κ2) is 5.32. The maximum Gasteiger partial charge on any atom is 0.123 e. The fraction of sp³-hybridized carbons (Fsp3) is 0.308. The van der Waals surface area contributed by atoms with E-state index in [0.717, 1.165) is 17.7 Å². The fourth-order valence-electron chi connectivity index (χ4n) is 1.82. The van der Waals surface area contributed by atoms with Crippen LogP contribution < -0.4 is 0 Å². The van der Waals surface area contributed by atoms with Crippen LogP contribution in [0.25, 0.3) is 0 Å². The van der Waals surface area contributed by atoms with E-state index in [1.165, 1.54) is 12.1 Å². The molecule has 1 unspecified atom stereocenters. The van der Waals surface area contributed by atoms with E-state index in [-0.39, 0.29) is 11.7 Å². The van der Waals surface area contributed by atoms with Crippen LogP contribution in [0, 0.1) is 5.82 Å². The normalized spacial score (nSPS) is 12.6. The van der Waals surface area contributed by atoms with Crippen LogP contribution in [0.2, 0.25) is 0 Å². The predicted molar refractivity (Wildman–Crippen MR) is 66.8 cm³/mol. The minimum atomic E-state index is -0.222. The highest BCUT2D eigenvalue weighted by Crippen LogP contribution is 2.21. The topological polar surface area (TPSA) is 17.8 Å². The molecule has 1 aromatic carbocycles. The van der Waals surface area contributed by atoms with E-state index in [1.807, 2.05) is 19.3 Å². The van der Waals surface area contributed by atoms with E-state index >= 15 is 0 Å². The zero-order valence-corrected chi connectivity index (χ0v) is 10.4. The molecule has 17 heavy (non-hydrogen) atoms. The van der Waals surface area contributed by atoms with Crippen molar-refractivity contribution in [2.45, 2.75) is 12.3 Å². The third kappa shape index (κ3) is 3.07. The maximum absolute atomic E-state index is 12.8. The first-order chi connectivity index (χ1) is 8.19. The molecule has 90 valence electrons. The zero-order valence-electron chi connectivity index (χ0n) is 9.61. The van der Waals surface area contributed by atoms with E-state index in [1.54, 1.807) is 16.8 Å². The number of aromatic nitrogens is 2. The van der Waals surface area contributed by atoms with Crippen molar-refractivity contribution in [2.24, 2.45) is 7.05 Å². The maximum atomic E-state index is 12.8. The van der Waals surface area contributed by atoms with Crippen molar-refractivity contribution in [3.05, 3.63) is 53.6 Å². The summed E-state index contributed by atoms with van der Waals surface area (Å²) in [6.07, 6.45) is 2.68. The molecule has 4 heteroatoms. The lowest BCUT2D eigenvalue weighted by Crippen LogP contribution is -2.05. The third-order valence-electron chi connectivity index (χ3n) is 2.75. The Morgan fingerprint density at radius 3 is 2.53 bits per heavy atom. The minimum Gasteiger partial charge on any atom is -0.276 e. The van der Waals surface area contributed by atoms with Gasteiger partial charge in [-0.15, -0.1) is 11.6 Å². The van der Waals surface area contributed by atoms with Crippen LogP contribution in [0.1, 0.15) is 17.2 Å². The molecule has 0 bridgehead atoms. The SMILES string of the molecule is Cn1ccc(CC(CCl)c2ccc(F)cc2)n1. The molecule has 0 aliphatic rings. The molecule has 0 spiro atoms. The van der Waals surface area contributed by atoms with E-state index in [4.69, 9.17) is 11.6 Å². The highest BCUT2D eigenvalue weighted by atomic mass is 35.5. The lowest BCUT2D eigenvalue weighted by molar-refractivity contribution is 0.625. The number of nitrogens with zero attached hydrogens (tertiary/aromatic N) is 2. The Bertz CT molecular complexity index is 478. The van der Waals surface area contributed by atoms with Gasteiger partial charge >= 0.3 is 0 Å². The Hall–Kier alpha value is -1.35. The predicted octanol–water partition coefficient (Wildman–Crippen LogP) is 3.12. The van der Waals surface area contributed by atoms with Gasteiger partial charge in [-0.1, -0.05) is 12.1 Å². The number of hydrogen-bond donors (Lipinski definition) is 0. The summed E-state index contributed by atoms with van der Waals surface area (Å²) < 4.78 is 14.6. The summed E-state index contributed by atoms with van der Waals surface area (Å²) in [5, 5.41) is 4.33. The summed E-state index contributed by atoms with van der Waals surface area (Å²) in [5.74, 6) is 0.453. The zero-order chi connectivity index (χ0) is 12.3. The fourth-order valence-corrected chi connectivity index (χ4v) is 2.11. The van der Waals surface area contributed by atoms with E-state index < -0.39 is 0 Å². The van der Waals surface area contributed by atoms with Gasteiger partial charge in [-0.2, -0.15) is 5.10 Å². The van der Waals surface area contributed by atoms with Gasteiger partial charge in [0.2, 0.25) is 0 Å². The average molecular weight is 253 g/mol. The molecule has 2 aromatic rings. The molecule has 0 fully saturated rings. The van der Waals surface area contributed by atoms with Crippen LogP contribution in [-0.2, 0) is 13.5 Å². The van der Waals surface area contributed by atoms with E-state index in [2.05, 4.69) is 5.10 Å². The number of hydrogen-bond acceptors (Lipinski definition) is 1. The minimum absolute atomic E-state index is 0.173. The Kier molecular flexibility index (Phi) is 3.79. The molecule has 1 aromatic heterocycles. The van der Waals surface area contributed by atoms with Crippen LogP contribution in [0.4, 0.5) is 4.39 Å². The van der Waals surface area contributed by atoms with Crippen molar-refractivity contribution in [1.29, 1.82) is 0 Å². The highest BCUT2D eigenvalue weighted by molar-refractivity contribution is 6.18. The molecule has 1 atom stereocenters. The molecule has 0 saturated carbocycles. The number of aryl methyl sites for hydroxylation is 1. The lowest BCUT2D eigenvalue weighted by Gasteiger charge is -2.12. The summed E-state index contributed by atoms with van der Waals surface area (Å²) >= 11 is 5.97. The Labute approximate surface area is 105 Å². The Morgan fingerprint density at radius 2 is 2.00 bits per heavy atom. The quantitative estimate of drug-likeness (QED) is 0.765. The summed E-state index contributed by atoms with van der Waals surface area (Å²) in [4.78, 5) is 0. The first kappa shape index (κ1) is 12.1. The summed E-state index contributed by atoms with van der Waals surface area (Å²) in [6.45, 7) is 0.